The van der Waals surface area contributed by atoms with Crippen LogP contribution in [-0.2, 0) is 0 Å². The van der Waals surface area contributed by atoms with Gasteiger partial charge in [0.2, 0.25) is 0 Å². The summed E-state index contributed by atoms with van der Waals surface area (Å²) in [5.74, 6) is 1.53. The van der Waals surface area contributed by atoms with Crippen LogP contribution in [0.15, 0.2) is 24.3 Å². The average molecular weight is 251 g/mol. The third-order valence-corrected chi connectivity index (χ3v) is 2.47. The minimum atomic E-state index is 0.520. The molecule has 1 aromatic rings. The molecule has 0 aromatic heterocycles. The molecule has 0 heterocycles. The van der Waals surface area contributed by atoms with Gasteiger partial charge in [-0.25, -0.2) is 0 Å². The molecule has 18 heavy (non-hydrogen) atoms. The molecule has 0 aliphatic rings. The highest BCUT2D eigenvalue weighted by Crippen LogP contribution is 2.18. The van der Waals surface area contributed by atoms with Crippen molar-refractivity contribution in [1.82, 2.24) is 5.32 Å². The Morgan fingerprint density at radius 2 is 1.56 bits per heavy atom. The molecule has 0 atom stereocenters. The first-order valence-electron chi connectivity index (χ1n) is 7.05. The van der Waals surface area contributed by atoms with Crippen molar-refractivity contribution in [3.05, 3.63) is 29.8 Å². The summed E-state index contributed by atoms with van der Waals surface area (Å²) >= 11 is 0. The molecule has 0 saturated heterocycles. The van der Waals surface area contributed by atoms with Crippen LogP contribution in [0, 0.1) is 0 Å². The van der Waals surface area contributed by atoms with E-state index in [9.17, 15) is 0 Å². The quantitative estimate of drug-likeness (QED) is 0.765. The lowest BCUT2D eigenvalue weighted by molar-refractivity contribution is 0.309. The van der Waals surface area contributed by atoms with Crippen LogP contribution in [0.1, 0.15) is 53.0 Å². The van der Waals surface area contributed by atoms with Gasteiger partial charge in [0.1, 0.15) is 12.4 Å². The van der Waals surface area contributed by atoms with E-state index in [1.807, 2.05) is 26.0 Å². The molecule has 0 spiro atoms. The molecular formula is C16H29NO. The topological polar surface area (TPSA) is 21.3 Å². The molecular weight excluding hydrogens is 222 g/mol. The zero-order valence-corrected chi connectivity index (χ0v) is 12.8. The first kappa shape index (κ1) is 17.0. The van der Waals surface area contributed by atoms with E-state index in [4.69, 9.17) is 4.74 Å². The Morgan fingerprint density at radius 3 is 2.00 bits per heavy atom. The van der Waals surface area contributed by atoms with Crippen molar-refractivity contribution in [3.8, 4) is 5.75 Å². The van der Waals surface area contributed by atoms with E-state index in [0.29, 0.717) is 12.0 Å². The summed E-state index contributed by atoms with van der Waals surface area (Å²) in [7, 11) is 0. The summed E-state index contributed by atoms with van der Waals surface area (Å²) in [6.45, 7) is 14.3. The van der Waals surface area contributed by atoms with Gasteiger partial charge in [-0.1, -0.05) is 53.7 Å². The molecule has 1 rings (SSSR count). The second-order valence-electron chi connectivity index (χ2n) is 4.68. The molecule has 0 amide bonds. The summed E-state index contributed by atoms with van der Waals surface area (Å²) in [4.78, 5) is 0. The number of hydrogen-bond acceptors (Lipinski definition) is 2. The van der Waals surface area contributed by atoms with Gasteiger partial charge in [0.05, 0.1) is 0 Å². The van der Waals surface area contributed by atoms with Crippen LogP contribution in [0.4, 0.5) is 0 Å². The van der Waals surface area contributed by atoms with Gasteiger partial charge in [-0.2, -0.15) is 0 Å². The summed E-state index contributed by atoms with van der Waals surface area (Å²) in [5, 5.41) is 3.32. The van der Waals surface area contributed by atoms with E-state index >= 15 is 0 Å². The Hall–Kier alpha value is -1.02. The Labute approximate surface area is 113 Å². The minimum Gasteiger partial charge on any atom is -0.492 e. The van der Waals surface area contributed by atoms with Crippen LogP contribution in [0.2, 0.25) is 0 Å². The number of hydrogen-bond donors (Lipinski definition) is 1. The zero-order chi connectivity index (χ0) is 14.0. The van der Waals surface area contributed by atoms with Gasteiger partial charge < -0.3 is 10.1 Å². The first-order valence-corrected chi connectivity index (χ1v) is 7.05. The fourth-order valence-electron chi connectivity index (χ4n) is 1.47. The monoisotopic (exact) mass is 251 g/mol. The molecule has 1 N–H and O–H groups in total. The molecule has 0 unspecified atom stereocenters. The molecule has 2 heteroatoms. The first-order chi connectivity index (χ1) is 8.59. The van der Waals surface area contributed by atoms with Crippen molar-refractivity contribution >= 4 is 0 Å². The lowest BCUT2D eigenvalue weighted by atomic mass is 10.0. The summed E-state index contributed by atoms with van der Waals surface area (Å²) in [6, 6.07) is 8.88. The normalized spacial score (nSPS) is 10.2. The van der Waals surface area contributed by atoms with Crippen LogP contribution in [0.25, 0.3) is 0 Å². The molecule has 0 aliphatic carbocycles. The van der Waals surface area contributed by atoms with E-state index < -0.39 is 0 Å². The van der Waals surface area contributed by atoms with Crippen LogP contribution in [-0.4, -0.2) is 19.2 Å². The maximum atomic E-state index is 5.63. The van der Waals surface area contributed by atoms with E-state index in [0.717, 1.165) is 18.9 Å². The van der Waals surface area contributed by atoms with Crippen molar-refractivity contribution in [2.24, 2.45) is 0 Å². The number of ether oxygens (including phenoxy) is 1. The molecule has 0 radical (unpaired) electrons. The summed E-state index contributed by atoms with van der Waals surface area (Å²) < 4.78 is 5.63. The van der Waals surface area contributed by atoms with Gasteiger partial charge in [0.25, 0.3) is 0 Å². The number of benzene rings is 1. The van der Waals surface area contributed by atoms with Crippen LogP contribution >= 0.6 is 0 Å². The van der Waals surface area contributed by atoms with E-state index in [1.54, 1.807) is 0 Å². The fraction of sp³-hybridized carbons (Fsp3) is 0.625. The van der Waals surface area contributed by atoms with Crippen molar-refractivity contribution < 1.29 is 4.74 Å². The Kier molecular flexibility index (Phi) is 9.39. The third-order valence-electron chi connectivity index (χ3n) is 2.47. The smallest absolute Gasteiger partial charge is 0.119 e. The number of rotatable bonds is 6. The molecule has 0 bridgehead atoms. The maximum Gasteiger partial charge on any atom is 0.119 e. The van der Waals surface area contributed by atoms with Crippen LogP contribution in [0.3, 0.4) is 0 Å². The Bertz CT molecular complexity index is 290. The van der Waals surface area contributed by atoms with Gasteiger partial charge >= 0.3 is 0 Å². The van der Waals surface area contributed by atoms with Gasteiger partial charge in [-0.05, 0) is 23.6 Å². The van der Waals surface area contributed by atoms with E-state index in [1.165, 1.54) is 5.56 Å². The van der Waals surface area contributed by atoms with Gasteiger partial charge in [0.15, 0.2) is 0 Å². The van der Waals surface area contributed by atoms with Gasteiger partial charge in [-0.15, -0.1) is 0 Å². The lowest BCUT2D eigenvalue weighted by Crippen LogP contribution is -2.27. The Balaban J connectivity index is 0.00000137. The van der Waals surface area contributed by atoms with Crippen LogP contribution < -0.4 is 10.1 Å². The van der Waals surface area contributed by atoms with Crippen LogP contribution in [0.5, 0.6) is 5.75 Å². The lowest BCUT2D eigenvalue weighted by Gasteiger charge is -2.10. The van der Waals surface area contributed by atoms with Crippen molar-refractivity contribution in [2.45, 2.75) is 53.5 Å². The molecule has 0 saturated carbocycles. The Morgan fingerprint density at radius 1 is 1.00 bits per heavy atom. The summed E-state index contributed by atoms with van der Waals surface area (Å²) in [6.07, 6.45) is 0. The zero-order valence-electron chi connectivity index (χ0n) is 12.8. The molecule has 0 fully saturated rings. The predicted octanol–water partition coefficient (Wildman–Crippen LogP) is 4.21. The minimum absolute atomic E-state index is 0.520. The van der Waals surface area contributed by atoms with E-state index in [-0.39, 0.29) is 0 Å². The predicted molar refractivity (Wildman–Crippen MR) is 80.5 cm³/mol. The largest absolute Gasteiger partial charge is 0.492 e. The van der Waals surface area contributed by atoms with Crippen molar-refractivity contribution in [1.29, 1.82) is 0 Å². The summed E-state index contributed by atoms with van der Waals surface area (Å²) in [5.41, 5.74) is 1.35. The SMILES string of the molecule is CC.CC(C)NCCOc1ccc(C(C)C)cc1. The second-order valence-corrected chi connectivity index (χ2v) is 4.68. The second kappa shape index (κ2) is 9.95. The standard InChI is InChI=1S/C14H23NO.C2H6/c1-11(2)13-5-7-14(8-6-13)16-10-9-15-12(3)4;1-2/h5-8,11-12,15H,9-10H2,1-4H3;1-2H3. The molecule has 104 valence electrons. The highest BCUT2D eigenvalue weighted by atomic mass is 16.5. The van der Waals surface area contributed by atoms with Gasteiger partial charge in [0, 0.05) is 12.6 Å². The average Bonchev–Trinajstić information content (AvgIpc) is 2.37. The maximum absolute atomic E-state index is 5.63. The van der Waals surface area contributed by atoms with Crippen molar-refractivity contribution in [2.75, 3.05) is 13.2 Å². The fourth-order valence-corrected chi connectivity index (χ4v) is 1.47. The van der Waals surface area contributed by atoms with Gasteiger partial charge in [-0.3, -0.25) is 0 Å². The highest BCUT2D eigenvalue weighted by Gasteiger charge is 1.99. The highest BCUT2D eigenvalue weighted by molar-refractivity contribution is 5.28. The molecule has 0 aliphatic heterocycles. The van der Waals surface area contributed by atoms with Crippen molar-refractivity contribution in [3.63, 3.8) is 0 Å². The van der Waals surface area contributed by atoms with E-state index in [2.05, 4.69) is 45.1 Å². The number of nitrogens with one attached hydrogen (secondary N) is 1. The molecule has 1 aromatic carbocycles. The molecule has 2 nitrogen and oxygen atoms in total. The third kappa shape index (κ3) is 7.33.